The lowest BCUT2D eigenvalue weighted by Crippen LogP contribution is -2.45. The third-order valence-electron chi connectivity index (χ3n) is 6.88. The zero-order chi connectivity index (χ0) is 27.9. The first-order chi connectivity index (χ1) is 17.7. The number of aromatic nitrogens is 4. The number of anilines is 1. The van der Waals surface area contributed by atoms with Crippen LogP contribution in [0.4, 0.5) is 5.82 Å². The van der Waals surface area contributed by atoms with Gasteiger partial charge in [-0.15, -0.1) is 0 Å². The van der Waals surface area contributed by atoms with Crippen LogP contribution in [0.3, 0.4) is 0 Å². The molecular formula is C20H32ClN6O9PS. The molecule has 6 N–H and O–H groups in total. The van der Waals surface area contributed by atoms with E-state index in [9.17, 15) is 33.0 Å². The van der Waals surface area contributed by atoms with E-state index in [0.29, 0.717) is 11.2 Å². The van der Waals surface area contributed by atoms with E-state index in [0.717, 1.165) is 32.6 Å². The number of halogens is 1. The van der Waals surface area contributed by atoms with Gasteiger partial charge in [0, 0.05) is 6.04 Å². The maximum Gasteiger partial charge on any atom is 0.358 e. The Bertz CT molecular complexity index is 1300. The molecule has 214 valence electrons. The van der Waals surface area contributed by atoms with Gasteiger partial charge in [0.1, 0.15) is 24.1 Å². The van der Waals surface area contributed by atoms with Crippen LogP contribution in [0.2, 0.25) is 5.28 Å². The second-order valence-electron chi connectivity index (χ2n) is 9.59. The second-order valence-corrected chi connectivity index (χ2v) is 14.1. The van der Waals surface area contributed by atoms with Crippen LogP contribution in [0.5, 0.6) is 0 Å². The maximum atomic E-state index is 12.1. The fraction of sp³-hybridized carbons (Fsp3) is 0.750. The quantitative estimate of drug-likeness (QED) is 0.152. The van der Waals surface area contributed by atoms with Crippen LogP contribution in [0, 0.1) is 0 Å². The summed E-state index contributed by atoms with van der Waals surface area (Å²) in [6.07, 6.45) is 0.165. The average molecular weight is 599 g/mol. The third kappa shape index (κ3) is 6.14. The molecule has 2 aliphatic rings. The first kappa shape index (κ1) is 29.5. The van der Waals surface area contributed by atoms with Crippen LogP contribution in [0.15, 0.2) is 6.20 Å². The lowest BCUT2D eigenvalue weighted by atomic mass is 10.1. The molecule has 0 spiro atoms. The van der Waals surface area contributed by atoms with E-state index in [1.54, 1.807) is 0 Å². The first-order valence-corrected chi connectivity index (χ1v) is 15.7. The van der Waals surface area contributed by atoms with Gasteiger partial charge in [-0.05, 0) is 38.3 Å². The fourth-order valence-corrected chi connectivity index (χ4v) is 5.87. The molecule has 3 heterocycles. The van der Waals surface area contributed by atoms with Gasteiger partial charge in [-0.2, -0.15) is 15.1 Å². The Labute approximate surface area is 224 Å². The number of aliphatic hydroxyl groups is 2. The number of aliphatic hydroxyl groups excluding tert-OH is 2. The summed E-state index contributed by atoms with van der Waals surface area (Å²) in [5, 5.41) is 27.2. The molecule has 0 amide bonds. The van der Waals surface area contributed by atoms with E-state index in [2.05, 4.69) is 25.1 Å². The highest BCUT2D eigenvalue weighted by Gasteiger charge is 2.49. The predicted molar refractivity (Wildman–Crippen MR) is 136 cm³/mol. The second kappa shape index (κ2) is 11.2. The Kier molecular flexibility index (Phi) is 8.70. The summed E-state index contributed by atoms with van der Waals surface area (Å²) in [6.45, 7) is 1.11. The van der Waals surface area contributed by atoms with E-state index in [1.165, 1.54) is 17.8 Å². The number of nitrogens with zero attached hydrogens (tertiary/aromatic N) is 4. The van der Waals surface area contributed by atoms with E-state index in [-0.39, 0.29) is 22.7 Å². The summed E-state index contributed by atoms with van der Waals surface area (Å²) in [5.74, 6) is 0.185. The van der Waals surface area contributed by atoms with Crippen LogP contribution in [0.25, 0.3) is 11.0 Å². The summed E-state index contributed by atoms with van der Waals surface area (Å²) < 4.78 is 50.3. The minimum absolute atomic E-state index is 0.0559. The molecule has 2 fully saturated rings. The molecule has 18 heteroatoms. The lowest BCUT2D eigenvalue weighted by molar-refractivity contribution is -0.0930. The topological polar surface area (TPSA) is 218 Å². The number of hydrogen-bond donors (Lipinski definition) is 6. The minimum Gasteiger partial charge on any atom is -0.387 e. The van der Waals surface area contributed by atoms with Crippen molar-refractivity contribution in [2.24, 2.45) is 0 Å². The smallest absolute Gasteiger partial charge is 0.358 e. The van der Waals surface area contributed by atoms with E-state index >= 15 is 0 Å². The standard InChI is InChI=1S/C20H32ClN6O9PS/c1-3-38(33,34)23-10-20(2,37(30,31)32)35-9-13-14(28)15(29)18(36-13)27-17-12(8-22-27)16(25-19(21)26-17)24-11-6-4-5-7-11/h8,11,13-15,18,23,28-29H,3-7,9-10H2,1-2H3,(H,24,25,26)(H2,30,31,32)/t13-,14-,15-,18-,20?/m1/s1. The van der Waals surface area contributed by atoms with Crippen LogP contribution in [-0.4, -0.2) is 96.8 Å². The van der Waals surface area contributed by atoms with Crippen molar-refractivity contribution in [3.05, 3.63) is 11.5 Å². The van der Waals surface area contributed by atoms with Gasteiger partial charge in [-0.3, -0.25) is 4.57 Å². The van der Waals surface area contributed by atoms with E-state index < -0.39 is 60.7 Å². The zero-order valence-electron chi connectivity index (χ0n) is 20.8. The molecule has 2 aromatic heterocycles. The van der Waals surface area contributed by atoms with Crippen LogP contribution >= 0.6 is 19.2 Å². The Morgan fingerprint density at radius 3 is 2.58 bits per heavy atom. The lowest BCUT2D eigenvalue weighted by Gasteiger charge is -2.32. The Hall–Kier alpha value is -1.46. The summed E-state index contributed by atoms with van der Waals surface area (Å²) in [6, 6.07) is 0.231. The maximum absolute atomic E-state index is 12.1. The minimum atomic E-state index is -5.00. The van der Waals surface area contributed by atoms with Crippen molar-refractivity contribution in [2.45, 2.75) is 75.5 Å². The van der Waals surface area contributed by atoms with Crippen molar-refractivity contribution in [1.82, 2.24) is 24.5 Å². The Morgan fingerprint density at radius 1 is 1.26 bits per heavy atom. The van der Waals surface area contributed by atoms with Crippen molar-refractivity contribution >= 4 is 46.1 Å². The molecular weight excluding hydrogens is 567 g/mol. The van der Waals surface area contributed by atoms with Gasteiger partial charge < -0.3 is 34.8 Å². The van der Waals surface area contributed by atoms with Gasteiger partial charge in [0.15, 0.2) is 17.2 Å². The highest BCUT2D eigenvalue weighted by Crippen LogP contribution is 2.51. The fourth-order valence-electron chi connectivity index (χ4n) is 4.37. The molecule has 4 rings (SSSR count). The average Bonchev–Trinajstić information content (AvgIpc) is 3.57. The molecule has 2 aromatic rings. The van der Waals surface area contributed by atoms with Crippen molar-refractivity contribution in [3.8, 4) is 0 Å². The molecule has 0 aromatic carbocycles. The summed E-state index contributed by atoms with van der Waals surface area (Å²) in [5.41, 5.74) is 0.248. The molecule has 1 saturated carbocycles. The van der Waals surface area contributed by atoms with Crippen molar-refractivity contribution < 1.29 is 42.5 Å². The molecule has 1 saturated heterocycles. The molecule has 38 heavy (non-hydrogen) atoms. The van der Waals surface area contributed by atoms with Crippen molar-refractivity contribution in [3.63, 3.8) is 0 Å². The number of nitrogens with one attached hydrogen (secondary N) is 2. The normalized spacial score (nSPS) is 26.7. The summed E-state index contributed by atoms with van der Waals surface area (Å²) in [7, 11) is -8.78. The molecule has 15 nitrogen and oxygen atoms in total. The number of fused-ring (bicyclic) bond motifs is 1. The largest absolute Gasteiger partial charge is 0.387 e. The van der Waals surface area contributed by atoms with Crippen molar-refractivity contribution in [1.29, 1.82) is 0 Å². The highest BCUT2D eigenvalue weighted by atomic mass is 35.5. The van der Waals surface area contributed by atoms with E-state index in [4.69, 9.17) is 21.1 Å². The van der Waals surface area contributed by atoms with Crippen molar-refractivity contribution in [2.75, 3.05) is 24.2 Å². The van der Waals surface area contributed by atoms with Gasteiger partial charge in [-0.25, -0.2) is 17.8 Å². The first-order valence-electron chi connectivity index (χ1n) is 12.1. The third-order valence-corrected chi connectivity index (χ3v) is 9.91. The Morgan fingerprint density at radius 2 is 1.95 bits per heavy atom. The summed E-state index contributed by atoms with van der Waals surface area (Å²) >= 11 is 6.15. The van der Waals surface area contributed by atoms with Gasteiger partial charge in [0.25, 0.3) is 0 Å². The van der Waals surface area contributed by atoms with Gasteiger partial charge in [-0.1, -0.05) is 12.8 Å². The van der Waals surface area contributed by atoms with Crippen LogP contribution < -0.4 is 10.0 Å². The van der Waals surface area contributed by atoms with E-state index in [1.807, 2.05) is 0 Å². The molecule has 1 unspecified atom stereocenters. The van der Waals surface area contributed by atoms with Crippen LogP contribution in [0.1, 0.15) is 45.8 Å². The highest BCUT2D eigenvalue weighted by molar-refractivity contribution is 7.89. The van der Waals surface area contributed by atoms with Gasteiger partial charge in [0.05, 0.1) is 30.5 Å². The number of sulfonamides is 1. The SMILES string of the molecule is CCS(=O)(=O)NCC(C)(OC[C@H]1O[C@@H](n2ncc3c(NC4CCCC4)nc(Cl)nc32)[C@H](O)[C@@H]1O)P(=O)(O)O. The Balaban J connectivity index is 1.52. The van der Waals surface area contributed by atoms with Crippen LogP contribution in [-0.2, 0) is 24.1 Å². The molecule has 5 atom stereocenters. The molecule has 0 radical (unpaired) electrons. The number of ether oxygens (including phenoxy) is 2. The monoisotopic (exact) mass is 598 g/mol. The van der Waals surface area contributed by atoms with Gasteiger partial charge in [0.2, 0.25) is 15.3 Å². The molecule has 0 bridgehead atoms. The zero-order valence-corrected chi connectivity index (χ0v) is 23.2. The molecule has 1 aliphatic heterocycles. The molecule has 1 aliphatic carbocycles. The number of rotatable bonds is 11. The predicted octanol–water partition coefficient (Wildman–Crippen LogP) is 0.303. The van der Waals surface area contributed by atoms with Gasteiger partial charge >= 0.3 is 7.60 Å². The number of hydrogen-bond acceptors (Lipinski definition) is 11. The summed E-state index contributed by atoms with van der Waals surface area (Å²) in [4.78, 5) is 28.1.